The van der Waals surface area contributed by atoms with Crippen LogP contribution in [0.3, 0.4) is 0 Å². The van der Waals surface area contributed by atoms with Crippen molar-refractivity contribution in [1.82, 2.24) is 15.0 Å². The topological polar surface area (TPSA) is 38.7 Å². The molecule has 1 aliphatic heterocycles. The van der Waals surface area contributed by atoms with Gasteiger partial charge >= 0.3 is 0 Å². The van der Waals surface area contributed by atoms with E-state index in [0.717, 1.165) is 34.2 Å². The van der Waals surface area contributed by atoms with Gasteiger partial charge in [0.1, 0.15) is 0 Å². The van der Waals surface area contributed by atoms with E-state index in [2.05, 4.69) is 234 Å². The van der Waals surface area contributed by atoms with Crippen LogP contribution < -0.4 is 0 Å². The van der Waals surface area contributed by atoms with Crippen molar-refractivity contribution in [3.63, 3.8) is 0 Å². The zero-order valence-corrected chi connectivity index (χ0v) is 42.0. The van der Waals surface area contributed by atoms with Crippen molar-refractivity contribution in [2.75, 3.05) is 0 Å². The van der Waals surface area contributed by atoms with Gasteiger partial charge in [-0.05, 0) is 119 Å². The first-order valence-corrected chi connectivity index (χ1v) is 23.4. The van der Waals surface area contributed by atoms with Gasteiger partial charge in [0.2, 0.25) is 0 Å². The van der Waals surface area contributed by atoms with Gasteiger partial charge < -0.3 is 0 Å². The number of pyridine rings is 3. The summed E-state index contributed by atoms with van der Waals surface area (Å²) >= 11 is 0. The third kappa shape index (κ3) is 9.79. The third-order valence-corrected chi connectivity index (χ3v) is 13.2. The highest BCUT2D eigenvalue weighted by molar-refractivity contribution is 5.52. The first-order valence-electron chi connectivity index (χ1n) is 23.4. The standard InChI is InChI=1S/C60H75N3/c1-55(2,3)40-25-19-22-37(28-40)52-46-31-43(58(10,11)12)33-48(61-46)53(38-23-20-26-41(29-38)56(4,5)6)50-35-45(60(16,17)18)36-51(63-50)54(39-24-21-27-42(30-39)57(7,8)9)49-34-44(59(13,14)15)32-47(52)62-49/h19-36,52-54H,1-18H3. The SMILES string of the molecule is CC(C)(C)c1cccc(C2c3cc(C(C)(C)C)cc(n3)C(c3cccc(C(C)(C)C)c3)c3cc(C(C)(C)C)cc(n3)C(c3cccc(C(C)(C)C)c3)c3cc(C(C)(C)C)cc2n3)c1. The Morgan fingerprint density at radius 2 is 0.444 bits per heavy atom. The van der Waals surface area contributed by atoms with Crippen molar-refractivity contribution in [1.29, 1.82) is 0 Å². The van der Waals surface area contributed by atoms with Gasteiger partial charge in [-0.25, -0.2) is 0 Å². The monoisotopic (exact) mass is 838 g/mol. The summed E-state index contributed by atoms with van der Waals surface area (Å²) < 4.78 is 0. The second-order valence-electron chi connectivity index (χ2n) is 24.8. The first-order chi connectivity index (χ1) is 29.0. The van der Waals surface area contributed by atoms with Gasteiger partial charge in [-0.2, -0.15) is 0 Å². The fraction of sp³-hybridized carbons (Fsp3) is 0.450. The van der Waals surface area contributed by atoms with Crippen LogP contribution >= 0.6 is 0 Å². The van der Waals surface area contributed by atoms with Gasteiger partial charge in [-0.3, -0.25) is 15.0 Å². The van der Waals surface area contributed by atoms with Gasteiger partial charge in [0, 0.05) is 0 Å². The van der Waals surface area contributed by atoms with Gasteiger partial charge in [0.25, 0.3) is 0 Å². The molecule has 0 unspecified atom stereocenters. The molecule has 6 bridgehead atoms. The molecule has 0 amide bonds. The number of benzene rings is 3. The van der Waals surface area contributed by atoms with Crippen LogP contribution in [0.5, 0.6) is 0 Å². The molecule has 0 saturated carbocycles. The van der Waals surface area contributed by atoms with Crippen LogP contribution in [0.15, 0.2) is 109 Å². The van der Waals surface area contributed by atoms with Crippen LogP contribution in [-0.4, -0.2) is 15.0 Å². The molecule has 3 aromatic carbocycles. The Labute approximate surface area is 381 Å². The van der Waals surface area contributed by atoms with Crippen molar-refractivity contribution >= 4 is 0 Å². The number of nitrogens with zero attached hydrogens (tertiary/aromatic N) is 3. The lowest BCUT2D eigenvalue weighted by Gasteiger charge is -2.32. The fourth-order valence-corrected chi connectivity index (χ4v) is 8.94. The molecule has 330 valence electrons. The van der Waals surface area contributed by atoms with E-state index in [1.165, 1.54) is 50.1 Å². The minimum absolute atomic E-state index is 0.0371. The summed E-state index contributed by atoms with van der Waals surface area (Å²) in [6.45, 7) is 41.7. The molecule has 63 heavy (non-hydrogen) atoms. The molecule has 0 saturated heterocycles. The summed E-state index contributed by atoms with van der Waals surface area (Å²) in [5.41, 5.74) is 16.8. The lowest BCUT2D eigenvalue weighted by Crippen LogP contribution is -2.23. The largest absolute Gasteiger partial charge is 0.256 e. The first kappa shape index (κ1) is 46.1. The lowest BCUT2D eigenvalue weighted by molar-refractivity contribution is 0.577. The Kier molecular flexibility index (Phi) is 11.7. The average molecular weight is 838 g/mol. The van der Waals surface area contributed by atoms with E-state index in [0.29, 0.717) is 0 Å². The number of fused-ring (bicyclic) bond motifs is 6. The molecule has 4 heterocycles. The van der Waals surface area contributed by atoms with E-state index in [-0.39, 0.29) is 50.2 Å². The maximum Gasteiger partial charge on any atom is 0.0686 e. The van der Waals surface area contributed by atoms with Crippen molar-refractivity contribution in [2.45, 2.75) is 175 Å². The lowest BCUT2D eigenvalue weighted by atomic mass is 9.76. The van der Waals surface area contributed by atoms with E-state index >= 15 is 0 Å². The van der Waals surface area contributed by atoms with E-state index in [1.807, 2.05) is 0 Å². The molecule has 7 rings (SSSR count). The van der Waals surface area contributed by atoms with E-state index in [9.17, 15) is 0 Å². The summed E-state index contributed by atoms with van der Waals surface area (Å²) in [6, 6.07) is 42.0. The summed E-state index contributed by atoms with van der Waals surface area (Å²) in [4.78, 5) is 17.7. The Morgan fingerprint density at radius 3 is 0.619 bits per heavy atom. The van der Waals surface area contributed by atoms with Crippen molar-refractivity contribution < 1.29 is 0 Å². The van der Waals surface area contributed by atoms with E-state index in [4.69, 9.17) is 15.0 Å². The molecular formula is C60H75N3. The van der Waals surface area contributed by atoms with E-state index < -0.39 is 0 Å². The molecular weight excluding hydrogens is 763 g/mol. The normalized spacial score (nSPS) is 17.5. The smallest absolute Gasteiger partial charge is 0.0686 e. The zero-order chi connectivity index (χ0) is 46.2. The Hall–Kier alpha value is -4.89. The molecule has 0 spiro atoms. The third-order valence-electron chi connectivity index (χ3n) is 13.2. The molecule has 6 aromatic rings. The quantitative estimate of drug-likeness (QED) is 0.178. The molecule has 0 radical (unpaired) electrons. The Balaban J connectivity index is 1.72. The number of hydrogen-bond donors (Lipinski definition) is 0. The van der Waals surface area contributed by atoms with Gasteiger partial charge in [-0.15, -0.1) is 0 Å². The highest BCUT2D eigenvalue weighted by Gasteiger charge is 2.35. The fourth-order valence-electron chi connectivity index (χ4n) is 8.94. The van der Waals surface area contributed by atoms with Crippen LogP contribution in [0.25, 0.3) is 0 Å². The van der Waals surface area contributed by atoms with E-state index in [1.54, 1.807) is 0 Å². The van der Waals surface area contributed by atoms with Crippen LogP contribution in [-0.2, 0) is 32.5 Å². The second kappa shape index (κ2) is 16.0. The highest BCUT2D eigenvalue weighted by Crippen LogP contribution is 2.44. The van der Waals surface area contributed by atoms with Crippen molar-refractivity contribution in [3.05, 3.63) is 193 Å². The summed E-state index contributed by atoms with van der Waals surface area (Å²) in [6.07, 6.45) is 0. The number of aromatic nitrogens is 3. The molecule has 0 aliphatic carbocycles. The molecule has 3 aromatic heterocycles. The van der Waals surface area contributed by atoms with Crippen LogP contribution in [0.2, 0.25) is 0 Å². The van der Waals surface area contributed by atoms with Crippen LogP contribution in [0.4, 0.5) is 0 Å². The van der Waals surface area contributed by atoms with Crippen molar-refractivity contribution in [2.24, 2.45) is 0 Å². The molecule has 3 heteroatoms. The average Bonchev–Trinajstić information content (AvgIpc) is 3.16. The highest BCUT2D eigenvalue weighted by atomic mass is 14.8. The maximum absolute atomic E-state index is 5.91. The predicted octanol–water partition coefficient (Wildman–Crippen LogP) is 15.5. The molecule has 0 fully saturated rings. The maximum atomic E-state index is 5.91. The van der Waals surface area contributed by atoms with Gasteiger partial charge in [-0.1, -0.05) is 197 Å². The number of hydrogen-bond acceptors (Lipinski definition) is 3. The van der Waals surface area contributed by atoms with Crippen molar-refractivity contribution in [3.8, 4) is 0 Å². The minimum Gasteiger partial charge on any atom is -0.256 e. The van der Waals surface area contributed by atoms with Gasteiger partial charge in [0.05, 0.1) is 51.9 Å². The summed E-state index contributed by atoms with van der Waals surface area (Å²) in [5.74, 6) is -0.685. The molecule has 3 nitrogen and oxygen atoms in total. The minimum atomic E-state index is -0.228. The zero-order valence-electron chi connectivity index (χ0n) is 42.0. The Bertz CT molecular complexity index is 2280. The van der Waals surface area contributed by atoms with Crippen LogP contribution in [0, 0.1) is 0 Å². The molecule has 0 atom stereocenters. The van der Waals surface area contributed by atoms with Crippen LogP contribution in [0.1, 0.15) is 227 Å². The Morgan fingerprint density at radius 1 is 0.254 bits per heavy atom. The second-order valence-corrected chi connectivity index (χ2v) is 24.8. The molecule has 0 N–H and O–H groups in total. The summed E-state index contributed by atoms with van der Waals surface area (Å²) in [5, 5.41) is 0. The predicted molar refractivity (Wildman–Crippen MR) is 267 cm³/mol. The summed E-state index contributed by atoms with van der Waals surface area (Å²) in [7, 11) is 0. The molecule has 1 aliphatic rings. The number of rotatable bonds is 3. The van der Waals surface area contributed by atoms with Gasteiger partial charge in [0.15, 0.2) is 0 Å².